The summed E-state index contributed by atoms with van der Waals surface area (Å²) in [6.07, 6.45) is -5.84. The Morgan fingerprint density at radius 2 is 1.38 bits per heavy atom. The molecule has 1 aliphatic heterocycles. The van der Waals surface area contributed by atoms with Gasteiger partial charge in [0.25, 0.3) is 0 Å². The van der Waals surface area contributed by atoms with Crippen molar-refractivity contribution in [3.8, 4) is 0 Å². The fourth-order valence-electron chi connectivity index (χ4n) is 2.88. The molecule has 0 aromatic carbocycles. The molecule has 0 aromatic heterocycles. The van der Waals surface area contributed by atoms with Crippen LogP contribution in [0.5, 0.6) is 0 Å². The molecule has 1 heterocycles. The Kier molecular flexibility index (Phi) is 11.5. The molecule has 0 bridgehead atoms. The van der Waals surface area contributed by atoms with Crippen LogP contribution in [0.3, 0.4) is 0 Å². The van der Waals surface area contributed by atoms with E-state index < -0.39 is 76.0 Å². The topological polar surface area (TPSA) is 190 Å². The lowest BCUT2D eigenvalue weighted by Crippen LogP contribution is -2.66. The second-order valence-corrected chi connectivity index (χ2v) is 11.6. The van der Waals surface area contributed by atoms with E-state index in [0.717, 1.165) is 34.0 Å². The van der Waals surface area contributed by atoms with Crippen molar-refractivity contribution >= 4 is 49.6 Å². The Bertz CT molecular complexity index is 878. The van der Waals surface area contributed by atoms with Crippen molar-refractivity contribution in [3.05, 3.63) is 0 Å². The molecule has 0 aromatic rings. The second-order valence-electron chi connectivity index (χ2n) is 7.05. The number of urea groups is 1. The van der Waals surface area contributed by atoms with Gasteiger partial charge in [-0.05, 0) is 10.8 Å². The number of carbonyl (C=O) groups excluding carboxylic acids is 5. The fraction of sp³-hybridized carbons (Fsp3) is 0.722. The van der Waals surface area contributed by atoms with Gasteiger partial charge in [0.15, 0.2) is 33.4 Å². The maximum atomic E-state index is 12.3. The highest BCUT2D eigenvalue weighted by Gasteiger charge is 2.52. The molecule has 0 spiro atoms. The van der Waals surface area contributed by atoms with E-state index in [0.29, 0.717) is 10.8 Å². The van der Waals surface area contributed by atoms with Crippen LogP contribution in [0.2, 0.25) is 0 Å². The average Bonchev–Trinajstić information content (AvgIpc) is 2.66. The number of amides is 2. The standard InChI is InChI=1S/C18H28N2O12S2/c1-9(21)28-8-13-14(29-10(2)22)15(30-11(3)23)16(31-12(4)24)17(32-13)20-18(25)19-6-7-33-34(5,26)27/h13-17H,6-8H2,1-5H3,(H2,19,20,25)/t13-,14+,15+,16-,17-/m1/s1. The third-order valence-electron chi connectivity index (χ3n) is 3.95. The zero-order valence-electron chi connectivity index (χ0n) is 19.2. The smallest absolute Gasteiger partial charge is 0.316 e. The van der Waals surface area contributed by atoms with Crippen LogP contribution < -0.4 is 10.6 Å². The normalized spacial score (nSPS) is 24.3. The van der Waals surface area contributed by atoms with Crippen molar-refractivity contribution in [1.82, 2.24) is 10.6 Å². The van der Waals surface area contributed by atoms with Crippen molar-refractivity contribution in [2.45, 2.75) is 58.3 Å². The van der Waals surface area contributed by atoms with Gasteiger partial charge >= 0.3 is 29.9 Å². The highest BCUT2D eigenvalue weighted by Crippen LogP contribution is 2.28. The molecule has 0 saturated carbocycles. The summed E-state index contributed by atoms with van der Waals surface area (Å²) in [5.74, 6) is -3.03. The minimum absolute atomic E-state index is 0.0329. The van der Waals surface area contributed by atoms with Gasteiger partial charge in [0, 0.05) is 46.2 Å². The van der Waals surface area contributed by atoms with E-state index in [-0.39, 0.29) is 12.3 Å². The highest BCUT2D eigenvalue weighted by molar-refractivity contribution is 8.71. The van der Waals surface area contributed by atoms with E-state index in [1.54, 1.807) is 0 Å². The van der Waals surface area contributed by atoms with Gasteiger partial charge in [-0.25, -0.2) is 13.2 Å². The first-order valence-electron chi connectivity index (χ1n) is 9.89. The van der Waals surface area contributed by atoms with Gasteiger partial charge in [-0.2, -0.15) is 0 Å². The second kappa shape index (κ2) is 13.3. The van der Waals surface area contributed by atoms with E-state index in [9.17, 15) is 32.4 Å². The Morgan fingerprint density at radius 1 is 0.853 bits per heavy atom. The monoisotopic (exact) mass is 528 g/mol. The summed E-state index contributed by atoms with van der Waals surface area (Å²) in [6, 6.07) is -0.824. The molecule has 34 heavy (non-hydrogen) atoms. The summed E-state index contributed by atoms with van der Waals surface area (Å²) in [7, 11) is -2.67. The molecule has 16 heteroatoms. The minimum Gasteiger partial charge on any atom is -0.463 e. The predicted molar refractivity (Wildman–Crippen MR) is 116 cm³/mol. The molecular weight excluding hydrogens is 500 g/mol. The summed E-state index contributed by atoms with van der Waals surface area (Å²) >= 11 is 0. The van der Waals surface area contributed by atoms with Crippen LogP contribution in [0.15, 0.2) is 0 Å². The maximum Gasteiger partial charge on any atom is 0.316 e. The van der Waals surface area contributed by atoms with Gasteiger partial charge in [-0.15, -0.1) is 0 Å². The van der Waals surface area contributed by atoms with Crippen LogP contribution >= 0.6 is 10.8 Å². The zero-order chi connectivity index (χ0) is 26.1. The van der Waals surface area contributed by atoms with Crippen molar-refractivity contribution in [1.29, 1.82) is 0 Å². The van der Waals surface area contributed by atoms with Crippen LogP contribution in [0.4, 0.5) is 4.79 Å². The number of ether oxygens (including phenoxy) is 5. The lowest BCUT2D eigenvalue weighted by molar-refractivity contribution is -0.255. The third kappa shape index (κ3) is 11.0. The Hall–Kier alpha value is -2.59. The van der Waals surface area contributed by atoms with Crippen molar-refractivity contribution in [2.24, 2.45) is 0 Å². The minimum atomic E-state index is -3.30. The molecule has 0 aliphatic carbocycles. The largest absolute Gasteiger partial charge is 0.463 e. The van der Waals surface area contributed by atoms with E-state index in [1.807, 2.05) is 0 Å². The Balaban J connectivity index is 3.15. The van der Waals surface area contributed by atoms with Crippen LogP contribution in [-0.4, -0.2) is 94.1 Å². The van der Waals surface area contributed by atoms with Crippen molar-refractivity contribution in [2.75, 3.05) is 25.2 Å². The molecule has 1 rings (SSSR count). The summed E-state index contributed by atoms with van der Waals surface area (Å²) in [5, 5.41) is 4.79. The fourth-order valence-corrected chi connectivity index (χ4v) is 4.53. The predicted octanol–water partition coefficient (Wildman–Crippen LogP) is -0.938. The number of hydrogen-bond acceptors (Lipinski definition) is 13. The molecule has 1 aliphatic rings. The summed E-state index contributed by atoms with van der Waals surface area (Å²) in [5.41, 5.74) is 0. The Morgan fingerprint density at radius 3 is 1.88 bits per heavy atom. The van der Waals surface area contributed by atoms with Crippen molar-refractivity contribution < 1.29 is 56.1 Å². The van der Waals surface area contributed by atoms with Gasteiger partial charge in [0.05, 0.1) is 0 Å². The zero-order valence-corrected chi connectivity index (χ0v) is 20.9. The van der Waals surface area contributed by atoms with E-state index in [1.165, 1.54) is 0 Å². The molecule has 2 amide bonds. The number of esters is 4. The molecule has 194 valence electrons. The van der Waals surface area contributed by atoms with E-state index in [4.69, 9.17) is 23.7 Å². The highest BCUT2D eigenvalue weighted by atomic mass is 33.1. The van der Waals surface area contributed by atoms with Gasteiger partial charge in [-0.1, -0.05) is 0 Å². The van der Waals surface area contributed by atoms with Crippen molar-refractivity contribution in [3.63, 3.8) is 0 Å². The lowest BCUT2D eigenvalue weighted by Gasteiger charge is -2.44. The Labute approximate surface area is 200 Å². The average molecular weight is 529 g/mol. The van der Waals surface area contributed by atoms with Crippen LogP contribution in [0, 0.1) is 0 Å². The summed E-state index contributed by atoms with van der Waals surface area (Å²) in [6.45, 7) is 3.88. The van der Waals surface area contributed by atoms with Crippen LogP contribution in [0.25, 0.3) is 0 Å². The first kappa shape index (κ1) is 29.4. The number of carbonyl (C=O) groups is 5. The first-order chi connectivity index (χ1) is 15.7. The first-order valence-corrected chi connectivity index (χ1v) is 13.3. The quantitative estimate of drug-likeness (QED) is 0.153. The summed E-state index contributed by atoms with van der Waals surface area (Å²) in [4.78, 5) is 58.8. The number of hydrogen-bond donors (Lipinski definition) is 2. The molecule has 0 radical (unpaired) electrons. The van der Waals surface area contributed by atoms with E-state index in [2.05, 4.69) is 10.6 Å². The van der Waals surface area contributed by atoms with Gasteiger partial charge in [0.1, 0.15) is 12.7 Å². The molecule has 2 N–H and O–H groups in total. The van der Waals surface area contributed by atoms with Gasteiger partial charge in [-0.3, -0.25) is 19.2 Å². The summed E-state index contributed by atoms with van der Waals surface area (Å²) < 4.78 is 48.7. The molecule has 14 nitrogen and oxygen atoms in total. The van der Waals surface area contributed by atoms with Gasteiger partial charge in [0.2, 0.25) is 0 Å². The number of nitrogens with one attached hydrogen (secondary N) is 2. The molecule has 0 unspecified atom stereocenters. The molecular formula is C18H28N2O12S2. The SMILES string of the molecule is CC(=O)OC[C@H]1O[C@@H](NC(=O)NCCSS(C)(=O)=O)[C@H](OC(C)=O)[C@@H](OC(C)=O)[C@H]1OC(C)=O. The van der Waals surface area contributed by atoms with E-state index >= 15 is 0 Å². The maximum absolute atomic E-state index is 12.3. The molecule has 1 saturated heterocycles. The van der Waals surface area contributed by atoms with Gasteiger partial charge < -0.3 is 34.3 Å². The molecule has 5 atom stereocenters. The molecule has 1 fully saturated rings. The van der Waals surface area contributed by atoms with Crippen LogP contribution in [0.1, 0.15) is 27.7 Å². The third-order valence-corrected chi connectivity index (χ3v) is 6.53. The van der Waals surface area contributed by atoms with Crippen LogP contribution in [-0.2, 0) is 51.7 Å². The lowest BCUT2D eigenvalue weighted by atomic mass is 9.97. The number of rotatable bonds is 10.